The number of hydrogen-bond donors (Lipinski definition) is 0. The molecular weight excluding hydrogens is 345 g/mol. The monoisotopic (exact) mass is 363 g/mol. The van der Waals surface area contributed by atoms with Crippen LogP contribution in [0.2, 0.25) is 0 Å². The van der Waals surface area contributed by atoms with E-state index in [1.807, 2.05) is 0 Å². The molecule has 1 aliphatic rings. The van der Waals surface area contributed by atoms with Gasteiger partial charge in [-0.3, -0.25) is 0 Å². The van der Waals surface area contributed by atoms with Gasteiger partial charge in [0.1, 0.15) is 0 Å². The zero-order valence-electron chi connectivity index (χ0n) is 10.2. The largest absolute Gasteiger partial charge is 1.00 e. The molecule has 1 rings (SSSR count). The van der Waals surface area contributed by atoms with Crippen LogP contribution in [0.5, 0.6) is 0 Å². The topological polar surface area (TPSA) is 6.48 Å². The van der Waals surface area contributed by atoms with Gasteiger partial charge in [0.25, 0.3) is 0 Å². The van der Waals surface area contributed by atoms with E-state index in [2.05, 4.69) is 36.2 Å². The van der Waals surface area contributed by atoms with Gasteiger partial charge in [-0.1, -0.05) is 26.2 Å². The Balaban J connectivity index is -0.0000000960. The second kappa shape index (κ2) is 19.4. The van der Waals surface area contributed by atoms with Gasteiger partial charge in [0.2, 0.25) is 0 Å². The summed E-state index contributed by atoms with van der Waals surface area (Å²) in [6, 6.07) is 0. The zero-order valence-corrected chi connectivity index (χ0v) is 14.4. The standard InChI is InChI=1S/C10H20N2.4ClH.Mn/c1-3-4-5-6-7-12-9-8-11(2)10-12;;;;;/h8-9H,3-7,10H2,1-2H3;4*1H;/p-4. The van der Waals surface area contributed by atoms with Crippen molar-refractivity contribution in [2.75, 3.05) is 20.3 Å². The zero-order chi connectivity index (χ0) is 8.81. The molecular formula is C10H20Cl4MnN2-4. The van der Waals surface area contributed by atoms with Crippen LogP contribution in [0.1, 0.15) is 32.6 Å². The molecule has 109 valence electrons. The summed E-state index contributed by atoms with van der Waals surface area (Å²) in [6.45, 7) is 4.55. The fourth-order valence-corrected chi connectivity index (χ4v) is 1.48. The van der Waals surface area contributed by atoms with Crippen LogP contribution in [0.25, 0.3) is 0 Å². The van der Waals surface area contributed by atoms with Gasteiger partial charge >= 0.3 is 0 Å². The number of nitrogens with zero attached hydrogens (tertiary/aromatic N) is 2. The Bertz CT molecular complexity index is 161. The van der Waals surface area contributed by atoms with Gasteiger partial charge < -0.3 is 59.4 Å². The third-order valence-electron chi connectivity index (χ3n) is 2.24. The van der Waals surface area contributed by atoms with E-state index in [1.165, 1.54) is 32.2 Å². The molecule has 1 aliphatic heterocycles. The van der Waals surface area contributed by atoms with E-state index in [1.54, 1.807) is 0 Å². The fraction of sp³-hybridized carbons (Fsp3) is 0.800. The minimum atomic E-state index is 0. The molecule has 0 saturated heterocycles. The molecule has 0 N–H and O–H groups in total. The number of rotatable bonds is 5. The van der Waals surface area contributed by atoms with E-state index in [9.17, 15) is 0 Å². The third-order valence-corrected chi connectivity index (χ3v) is 2.24. The number of unbranched alkanes of at least 4 members (excludes halogenated alkanes) is 3. The van der Waals surface area contributed by atoms with Gasteiger partial charge in [-0.05, 0) is 6.42 Å². The van der Waals surface area contributed by atoms with Gasteiger partial charge in [-0.15, -0.1) is 0 Å². The van der Waals surface area contributed by atoms with Crippen molar-refractivity contribution >= 4 is 0 Å². The van der Waals surface area contributed by atoms with Crippen molar-refractivity contribution in [1.82, 2.24) is 9.80 Å². The maximum absolute atomic E-state index is 2.37. The summed E-state index contributed by atoms with van der Waals surface area (Å²) >= 11 is 0. The molecule has 17 heavy (non-hydrogen) atoms. The van der Waals surface area contributed by atoms with Crippen LogP contribution >= 0.6 is 0 Å². The van der Waals surface area contributed by atoms with Crippen molar-refractivity contribution in [2.45, 2.75) is 32.6 Å². The van der Waals surface area contributed by atoms with Crippen LogP contribution in [0.4, 0.5) is 0 Å². The molecule has 0 bridgehead atoms. The first-order valence-electron chi connectivity index (χ1n) is 4.95. The second-order valence-corrected chi connectivity index (χ2v) is 3.57. The average molecular weight is 365 g/mol. The van der Waals surface area contributed by atoms with Crippen molar-refractivity contribution in [2.24, 2.45) is 0 Å². The number of hydrogen-bond acceptors (Lipinski definition) is 2. The van der Waals surface area contributed by atoms with Crippen molar-refractivity contribution in [1.29, 1.82) is 0 Å². The Morgan fingerprint density at radius 1 is 0.941 bits per heavy atom. The molecule has 0 amide bonds. The Morgan fingerprint density at radius 3 is 1.94 bits per heavy atom. The molecule has 0 aromatic heterocycles. The van der Waals surface area contributed by atoms with Gasteiger partial charge in [0.05, 0.1) is 6.67 Å². The Morgan fingerprint density at radius 2 is 1.53 bits per heavy atom. The van der Waals surface area contributed by atoms with Gasteiger partial charge in [0, 0.05) is 43.1 Å². The average Bonchev–Trinajstić information content (AvgIpc) is 2.45. The Hall–Kier alpha value is 1.02. The predicted molar refractivity (Wildman–Crippen MR) is 52.6 cm³/mol. The molecule has 2 nitrogen and oxygen atoms in total. The van der Waals surface area contributed by atoms with E-state index < -0.39 is 0 Å². The van der Waals surface area contributed by atoms with E-state index in [-0.39, 0.29) is 66.7 Å². The summed E-state index contributed by atoms with van der Waals surface area (Å²) in [4.78, 5) is 4.58. The van der Waals surface area contributed by atoms with Gasteiger partial charge in [-0.25, -0.2) is 0 Å². The summed E-state index contributed by atoms with van der Waals surface area (Å²) in [5.74, 6) is 0. The molecule has 0 spiro atoms. The van der Waals surface area contributed by atoms with Crippen LogP contribution in [-0.4, -0.2) is 30.1 Å². The van der Waals surface area contributed by atoms with E-state index in [0.29, 0.717) is 0 Å². The molecule has 0 saturated carbocycles. The molecule has 0 aromatic carbocycles. The van der Waals surface area contributed by atoms with E-state index in [4.69, 9.17) is 0 Å². The SMILES string of the molecule is CCCCCCN1C=CN(C)C1.[Cl-].[Cl-].[Cl-].[Cl-].[Mn]. The summed E-state index contributed by atoms with van der Waals surface area (Å²) in [6.07, 6.45) is 9.76. The first-order chi connectivity index (χ1) is 5.83. The summed E-state index contributed by atoms with van der Waals surface area (Å²) in [7, 11) is 2.11. The van der Waals surface area contributed by atoms with Crippen molar-refractivity contribution in [3.05, 3.63) is 12.4 Å². The van der Waals surface area contributed by atoms with Crippen molar-refractivity contribution in [3.63, 3.8) is 0 Å². The maximum atomic E-state index is 2.37. The van der Waals surface area contributed by atoms with Crippen molar-refractivity contribution < 1.29 is 66.7 Å². The summed E-state index contributed by atoms with van der Waals surface area (Å²) in [5, 5.41) is 0. The molecule has 0 unspecified atom stereocenters. The smallest absolute Gasteiger partial charge is 0.0890 e. The van der Waals surface area contributed by atoms with Gasteiger partial charge in [0.15, 0.2) is 0 Å². The van der Waals surface area contributed by atoms with Crippen molar-refractivity contribution in [3.8, 4) is 0 Å². The molecule has 1 radical (unpaired) electrons. The maximum Gasteiger partial charge on any atom is 0.0890 e. The minimum Gasteiger partial charge on any atom is -1.00 e. The molecule has 1 heterocycles. The van der Waals surface area contributed by atoms with Gasteiger partial charge in [-0.2, -0.15) is 0 Å². The molecule has 0 fully saturated rings. The minimum absolute atomic E-state index is 0. The van der Waals surface area contributed by atoms with Crippen LogP contribution < -0.4 is 49.6 Å². The summed E-state index contributed by atoms with van der Waals surface area (Å²) < 4.78 is 0. The summed E-state index contributed by atoms with van der Waals surface area (Å²) in [5.41, 5.74) is 0. The Labute approximate surface area is 141 Å². The van der Waals surface area contributed by atoms with E-state index in [0.717, 1.165) is 6.67 Å². The van der Waals surface area contributed by atoms with Crippen LogP contribution in [0.15, 0.2) is 12.4 Å². The fourth-order valence-electron chi connectivity index (χ4n) is 1.48. The first kappa shape index (κ1) is 30.8. The molecule has 0 atom stereocenters. The van der Waals surface area contributed by atoms with Crippen LogP contribution in [0.3, 0.4) is 0 Å². The van der Waals surface area contributed by atoms with Crippen LogP contribution in [0, 0.1) is 0 Å². The Kier molecular flexibility index (Phi) is 35.1. The molecule has 7 heteroatoms. The second-order valence-electron chi connectivity index (χ2n) is 3.57. The number of halogens is 4. The first-order valence-corrected chi connectivity index (χ1v) is 4.95. The van der Waals surface area contributed by atoms with Crippen LogP contribution in [-0.2, 0) is 17.1 Å². The third kappa shape index (κ3) is 15.0. The normalized spacial score (nSPS) is 11.4. The molecule has 0 aliphatic carbocycles. The quantitative estimate of drug-likeness (QED) is 0.353. The molecule has 0 aromatic rings. The predicted octanol–water partition coefficient (Wildman–Crippen LogP) is -9.74. The van der Waals surface area contributed by atoms with E-state index >= 15 is 0 Å².